The third-order valence-electron chi connectivity index (χ3n) is 4.54. The van der Waals surface area contributed by atoms with Crippen LogP contribution in [0.15, 0.2) is 59.5 Å². The Morgan fingerprint density at radius 3 is 2.32 bits per heavy atom. The summed E-state index contributed by atoms with van der Waals surface area (Å²) in [5.74, 6) is 0. The minimum Gasteiger partial charge on any atom is -0.445 e. The molecule has 0 unspecified atom stereocenters. The maximum Gasteiger partial charge on any atom is 0.408 e. The lowest BCUT2D eigenvalue weighted by Gasteiger charge is -2.19. The number of carbonyl (C=O) groups excluding carboxylic acids is 1. The Hall–Kier alpha value is -2.34. The highest BCUT2D eigenvalue weighted by Crippen LogP contribution is 2.20. The van der Waals surface area contributed by atoms with Crippen LogP contribution in [0.4, 0.5) is 4.79 Å². The highest BCUT2D eigenvalue weighted by molar-refractivity contribution is 7.92. The molecule has 0 heterocycles. The van der Waals surface area contributed by atoms with Gasteiger partial charge >= 0.3 is 6.09 Å². The van der Waals surface area contributed by atoms with E-state index in [4.69, 9.17) is 4.74 Å². The molecule has 1 N–H and O–H groups in total. The molecule has 0 bridgehead atoms. The molecule has 2 aromatic carbocycles. The Labute approximate surface area is 168 Å². The van der Waals surface area contributed by atoms with Crippen LogP contribution in [0.5, 0.6) is 0 Å². The molecule has 0 aliphatic carbocycles. The molecule has 0 saturated carbocycles. The van der Waals surface area contributed by atoms with Crippen molar-refractivity contribution in [3.8, 4) is 0 Å². The molecule has 1 atom stereocenters. The Bertz CT molecular complexity index is 833. The molecule has 0 aromatic heterocycles. The molecule has 0 aliphatic rings. The van der Waals surface area contributed by atoms with E-state index in [-0.39, 0.29) is 11.5 Å². The molecule has 0 saturated heterocycles. The maximum absolute atomic E-state index is 13.0. The van der Waals surface area contributed by atoms with Crippen LogP contribution in [-0.2, 0) is 21.2 Å². The third-order valence-corrected chi connectivity index (χ3v) is 6.57. The van der Waals surface area contributed by atoms with Gasteiger partial charge in [-0.1, -0.05) is 80.6 Å². The molecular formula is C22H29NO4S. The summed E-state index contributed by atoms with van der Waals surface area (Å²) < 4.78 is 31.3. The van der Waals surface area contributed by atoms with Gasteiger partial charge in [-0.25, -0.2) is 13.2 Å². The first kappa shape index (κ1) is 22.0. The lowest BCUT2D eigenvalue weighted by molar-refractivity contribution is 0.138. The summed E-state index contributed by atoms with van der Waals surface area (Å²) >= 11 is 0. The third kappa shape index (κ3) is 6.68. The van der Waals surface area contributed by atoms with Gasteiger partial charge in [0.05, 0.1) is 4.90 Å². The van der Waals surface area contributed by atoms with Gasteiger partial charge in [0.1, 0.15) is 12.0 Å². The van der Waals surface area contributed by atoms with E-state index < -0.39 is 21.3 Å². The average molecular weight is 404 g/mol. The smallest absolute Gasteiger partial charge is 0.408 e. The van der Waals surface area contributed by atoms with Crippen molar-refractivity contribution in [1.82, 2.24) is 5.32 Å². The molecule has 28 heavy (non-hydrogen) atoms. The van der Waals surface area contributed by atoms with Gasteiger partial charge in [0.25, 0.3) is 0 Å². The average Bonchev–Trinajstić information content (AvgIpc) is 2.70. The summed E-state index contributed by atoms with van der Waals surface area (Å²) in [5.41, 5.74) is 1.83. The van der Waals surface area contributed by atoms with Gasteiger partial charge in [0.2, 0.25) is 0 Å². The van der Waals surface area contributed by atoms with Gasteiger partial charge in [-0.15, -0.1) is 0 Å². The lowest BCUT2D eigenvalue weighted by atomic mass is 10.1. The van der Waals surface area contributed by atoms with E-state index in [2.05, 4.69) is 12.2 Å². The number of sulfone groups is 1. The van der Waals surface area contributed by atoms with Crippen molar-refractivity contribution in [2.45, 2.75) is 62.8 Å². The molecule has 2 rings (SSSR count). The molecule has 2 aromatic rings. The van der Waals surface area contributed by atoms with Crippen LogP contribution in [0.2, 0.25) is 0 Å². The van der Waals surface area contributed by atoms with Crippen LogP contribution in [-0.4, -0.2) is 19.9 Å². The van der Waals surface area contributed by atoms with Crippen molar-refractivity contribution in [1.29, 1.82) is 0 Å². The summed E-state index contributed by atoms with van der Waals surface area (Å²) in [7, 11) is -3.69. The molecule has 6 heteroatoms. The van der Waals surface area contributed by atoms with Crippen molar-refractivity contribution < 1.29 is 17.9 Å². The first-order valence-corrected chi connectivity index (χ1v) is 11.3. The molecule has 1 amide bonds. The highest BCUT2D eigenvalue weighted by atomic mass is 32.2. The first-order valence-electron chi connectivity index (χ1n) is 9.71. The van der Waals surface area contributed by atoms with Crippen molar-refractivity contribution in [2.75, 3.05) is 0 Å². The molecule has 152 valence electrons. The fourth-order valence-corrected chi connectivity index (χ4v) is 4.42. The Morgan fingerprint density at radius 1 is 1.00 bits per heavy atom. The number of amides is 1. The summed E-state index contributed by atoms with van der Waals surface area (Å²) in [6.07, 6.45) is 3.38. The zero-order valence-electron chi connectivity index (χ0n) is 16.6. The van der Waals surface area contributed by atoms with Crippen molar-refractivity contribution >= 4 is 15.9 Å². The van der Waals surface area contributed by atoms with E-state index in [1.807, 2.05) is 37.3 Å². The topological polar surface area (TPSA) is 72.5 Å². The molecule has 0 radical (unpaired) electrons. The van der Waals surface area contributed by atoms with E-state index in [1.165, 1.54) is 0 Å². The SMILES string of the molecule is CCCCCC[C@@H](NC(=O)OCc1ccccc1)S(=O)(=O)c1ccc(C)cc1. The molecule has 5 nitrogen and oxygen atoms in total. The lowest BCUT2D eigenvalue weighted by Crippen LogP contribution is -2.41. The van der Waals surface area contributed by atoms with E-state index in [0.717, 1.165) is 36.8 Å². The van der Waals surface area contributed by atoms with Gasteiger partial charge in [0.15, 0.2) is 9.84 Å². The number of unbranched alkanes of at least 4 members (excludes halogenated alkanes) is 3. The monoisotopic (exact) mass is 403 g/mol. The van der Waals surface area contributed by atoms with Crippen LogP contribution < -0.4 is 5.32 Å². The number of rotatable bonds is 10. The second-order valence-electron chi connectivity index (χ2n) is 6.90. The number of hydrogen-bond donors (Lipinski definition) is 1. The zero-order valence-corrected chi connectivity index (χ0v) is 17.4. The van der Waals surface area contributed by atoms with Gasteiger partial charge < -0.3 is 10.1 Å². The van der Waals surface area contributed by atoms with Crippen LogP contribution in [0, 0.1) is 6.92 Å². The minimum atomic E-state index is -3.69. The number of hydrogen-bond acceptors (Lipinski definition) is 4. The van der Waals surface area contributed by atoms with Crippen LogP contribution in [0.1, 0.15) is 50.2 Å². The Balaban J connectivity index is 2.07. The minimum absolute atomic E-state index is 0.0970. The quantitative estimate of drug-likeness (QED) is 0.567. The normalized spacial score (nSPS) is 12.4. The number of alkyl carbamates (subject to hydrolysis) is 1. The predicted molar refractivity (Wildman–Crippen MR) is 111 cm³/mol. The summed E-state index contributed by atoms with van der Waals surface area (Å²) in [6, 6.07) is 16.0. The number of carbonyl (C=O) groups is 1. The standard InChI is InChI=1S/C22H29NO4S/c1-3-4-5-9-12-21(28(25,26)20-15-13-18(2)14-16-20)23-22(24)27-17-19-10-7-6-8-11-19/h6-8,10-11,13-16,21H,3-5,9,12,17H2,1-2H3,(H,23,24)/t21-/m0/s1. The summed E-state index contributed by atoms with van der Waals surface area (Å²) in [6.45, 7) is 4.09. The highest BCUT2D eigenvalue weighted by Gasteiger charge is 2.29. The van der Waals surface area contributed by atoms with Gasteiger partial charge in [-0.3, -0.25) is 0 Å². The Kier molecular flexibility index (Phi) is 8.51. The number of ether oxygens (including phenoxy) is 1. The van der Waals surface area contributed by atoms with E-state index in [1.54, 1.807) is 24.3 Å². The summed E-state index contributed by atoms with van der Waals surface area (Å²) in [4.78, 5) is 12.5. The molecule has 0 fully saturated rings. The van der Waals surface area contributed by atoms with Crippen molar-refractivity contribution in [3.63, 3.8) is 0 Å². The number of aryl methyl sites for hydroxylation is 1. The fourth-order valence-electron chi connectivity index (χ4n) is 2.85. The van der Waals surface area contributed by atoms with Gasteiger partial charge in [0, 0.05) is 0 Å². The second kappa shape index (κ2) is 10.9. The largest absolute Gasteiger partial charge is 0.445 e. The van der Waals surface area contributed by atoms with E-state index >= 15 is 0 Å². The molecule has 0 aliphatic heterocycles. The second-order valence-corrected chi connectivity index (χ2v) is 9.03. The zero-order chi connectivity index (χ0) is 20.4. The maximum atomic E-state index is 13.0. The van der Waals surface area contributed by atoms with E-state index in [0.29, 0.717) is 6.42 Å². The van der Waals surface area contributed by atoms with Crippen LogP contribution in [0.25, 0.3) is 0 Å². The van der Waals surface area contributed by atoms with E-state index in [9.17, 15) is 13.2 Å². The van der Waals surface area contributed by atoms with Crippen molar-refractivity contribution in [2.24, 2.45) is 0 Å². The first-order chi connectivity index (χ1) is 13.4. The van der Waals surface area contributed by atoms with Gasteiger partial charge in [-0.2, -0.15) is 0 Å². The van der Waals surface area contributed by atoms with Crippen molar-refractivity contribution in [3.05, 3.63) is 65.7 Å². The Morgan fingerprint density at radius 2 is 1.68 bits per heavy atom. The fraction of sp³-hybridized carbons (Fsp3) is 0.409. The van der Waals surface area contributed by atoms with Crippen LogP contribution in [0.3, 0.4) is 0 Å². The summed E-state index contributed by atoms with van der Waals surface area (Å²) in [5, 5.41) is 1.56. The van der Waals surface area contributed by atoms with Gasteiger partial charge in [-0.05, 0) is 31.0 Å². The molecule has 0 spiro atoms. The van der Waals surface area contributed by atoms with Crippen LogP contribution >= 0.6 is 0 Å². The number of benzene rings is 2. The molecular weight excluding hydrogens is 374 g/mol. The predicted octanol–water partition coefficient (Wildman–Crippen LogP) is 4.99. The number of nitrogens with one attached hydrogen (secondary N) is 1.